The number of hydrogen-bond acceptors (Lipinski definition) is 3. The highest BCUT2D eigenvalue weighted by atomic mass is 19.1. The van der Waals surface area contributed by atoms with Crippen molar-refractivity contribution in [2.24, 2.45) is 0 Å². The Morgan fingerprint density at radius 3 is 2.56 bits per heavy atom. The molecular formula is C14H21FN2O. The fourth-order valence-corrected chi connectivity index (χ4v) is 2.12. The van der Waals surface area contributed by atoms with Gasteiger partial charge in [0.05, 0.1) is 13.2 Å². The zero-order chi connectivity index (χ0) is 12.8. The molecule has 0 amide bonds. The summed E-state index contributed by atoms with van der Waals surface area (Å²) >= 11 is 0. The largest absolute Gasteiger partial charge is 0.379 e. The van der Waals surface area contributed by atoms with Crippen molar-refractivity contribution in [3.05, 3.63) is 35.6 Å². The lowest BCUT2D eigenvalue weighted by Crippen LogP contribution is -2.40. The molecule has 0 aromatic heterocycles. The number of morpholine rings is 1. The SMILES string of the molecule is CN(CCN1CCOCC1)Cc1ccc(F)cc1. The Kier molecular flexibility index (Phi) is 5.11. The Morgan fingerprint density at radius 2 is 1.89 bits per heavy atom. The maximum Gasteiger partial charge on any atom is 0.123 e. The fourth-order valence-electron chi connectivity index (χ4n) is 2.12. The molecule has 1 aromatic carbocycles. The smallest absolute Gasteiger partial charge is 0.123 e. The van der Waals surface area contributed by atoms with Crippen LogP contribution in [0.4, 0.5) is 4.39 Å². The number of benzene rings is 1. The number of hydrogen-bond donors (Lipinski definition) is 0. The lowest BCUT2D eigenvalue weighted by Gasteiger charge is -2.28. The van der Waals surface area contributed by atoms with Crippen LogP contribution in [0.5, 0.6) is 0 Å². The van der Waals surface area contributed by atoms with Crippen molar-refractivity contribution >= 4 is 0 Å². The Balaban J connectivity index is 1.71. The highest BCUT2D eigenvalue weighted by molar-refractivity contribution is 5.15. The average Bonchev–Trinajstić information content (AvgIpc) is 2.40. The van der Waals surface area contributed by atoms with Crippen molar-refractivity contribution in [3.8, 4) is 0 Å². The van der Waals surface area contributed by atoms with E-state index < -0.39 is 0 Å². The third-order valence-electron chi connectivity index (χ3n) is 3.27. The van der Waals surface area contributed by atoms with E-state index in [-0.39, 0.29) is 5.82 Å². The van der Waals surface area contributed by atoms with E-state index in [1.54, 1.807) is 0 Å². The van der Waals surface area contributed by atoms with Crippen molar-refractivity contribution in [1.82, 2.24) is 9.80 Å². The molecule has 0 unspecified atom stereocenters. The van der Waals surface area contributed by atoms with E-state index in [0.29, 0.717) is 0 Å². The van der Waals surface area contributed by atoms with Crippen LogP contribution >= 0.6 is 0 Å². The second kappa shape index (κ2) is 6.83. The van der Waals surface area contributed by atoms with E-state index in [0.717, 1.165) is 51.5 Å². The fraction of sp³-hybridized carbons (Fsp3) is 0.571. The Labute approximate surface area is 108 Å². The van der Waals surface area contributed by atoms with Crippen LogP contribution < -0.4 is 0 Å². The molecule has 1 aliphatic rings. The summed E-state index contributed by atoms with van der Waals surface area (Å²) in [5, 5.41) is 0. The lowest BCUT2D eigenvalue weighted by molar-refractivity contribution is 0.0342. The first-order chi connectivity index (χ1) is 8.74. The summed E-state index contributed by atoms with van der Waals surface area (Å²) in [6.07, 6.45) is 0. The van der Waals surface area contributed by atoms with Crippen LogP contribution in [-0.4, -0.2) is 56.2 Å². The molecular weight excluding hydrogens is 231 g/mol. The number of halogens is 1. The maximum absolute atomic E-state index is 12.8. The zero-order valence-corrected chi connectivity index (χ0v) is 10.9. The highest BCUT2D eigenvalue weighted by Gasteiger charge is 2.10. The van der Waals surface area contributed by atoms with Crippen molar-refractivity contribution in [2.75, 3.05) is 46.4 Å². The third kappa shape index (κ3) is 4.37. The van der Waals surface area contributed by atoms with Gasteiger partial charge in [0.15, 0.2) is 0 Å². The van der Waals surface area contributed by atoms with E-state index >= 15 is 0 Å². The summed E-state index contributed by atoms with van der Waals surface area (Å²) in [5.74, 6) is -0.172. The van der Waals surface area contributed by atoms with E-state index in [2.05, 4.69) is 16.8 Å². The van der Waals surface area contributed by atoms with E-state index in [1.165, 1.54) is 12.1 Å². The van der Waals surface area contributed by atoms with Gasteiger partial charge in [0.1, 0.15) is 5.82 Å². The molecule has 0 N–H and O–H groups in total. The van der Waals surface area contributed by atoms with Gasteiger partial charge < -0.3 is 9.64 Å². The van der Waals surface area contributed by atoms with E-state index in [9.17, 15) is 4.39 Å². The zero-order valence-electron chi connectivity index (χ0n) is 10.9. The minimum atomic E-state index is -0.172. The molecule has 2 rings (SSSR count). The van der Waals surface area contributed by atoms with Gasteiger partial charge in [-0.3, -0.25) is 4.90 Å². The van der Waals surface area contributed by atoms with Crippen LogP contribution in [0.25, 0.3) is 0 Å². The van der Waals surface area contributed by atoms with Gasteiger partial charge >= 0.3 is 0 Å². The molecule has 4 heteroatoms. The molecule has 0 radical (unpaired) electrons. The summed E-state index contributed by atoms with van der Waals surface area (Å²) in [7, 11) is 2.10. The van der Waals surface area contributed by atoms with Crippen LogP contribution in [0.1, 0.15) is 5.56 Å². The molecule has 1 fully saturated rings. The minimum Gasteiger partial charge on any atom is -0.379 e. The maximum atomic E-state index is 12.8. The molecule has 1 aliphatic heterocycles. The minimum absolute atomic E-state index is 0.172. The van der Waals surface area contributed by atoms with Gasteiger partial charge in [0, 0.05) is 32.7 Å². The van der Waals surface area contributed by atoms with Crippen LogP contribution in [0.2, 0.25) is 0 Å². The van der Waals surface area contributed by atoms with Gasteiger partial charge in [0.2, 0.25) is 0 Å². The van der Waals surface area contributed by atoms with E-state index in [4.69, 9.17) is 4.74 Å². The topological polar surface area (TPSA) is 15.7 Å². The first-order valence-electron chi connectivity index (χ1n) is 6.47. The third-order valence-corrected chi connectivity index (χ3v) is 3.27. The van der Waals surface area contributed by atoms with Crippen LogP contribution in [-0.2, 0) is 11.3 Å². The molecule has 18 heavy (non-hydrogen) atoms. The van der Waals surface area contributed by atoms with E-state index in [1.807, 2.05) is 12.1 Å². The lowest BCUT2D eigenvalue weighted by atomic mass is 10.2. The summed E-state index contributed by atoms with van der Waals surface area (Å²) in [4.78, 5) is 4.69. The first kappa shape index (κ1) is 13.5. The summed E-state index contributed by atoms with van der Waals surface area (Å²) < 4.78 is 18.1. The molecule has 0 aliphatic carbocycles. The number of likely N-dealkylation sites (N-methyl/N-ethyl adjacent to an activating group) is 1. The van der Waals surface area contributed by atoms with Gasteiger partial charge in [0.25, 0.3) is 0 Å². The van der Waals surface area contributed by atoms with Gasteiger partial charge in [-0.1, -0.05) is 12.1 Å². The van der Waals surface area contributed by atoms with Crippen molar-refractivity contribution < 1.29 is 9.13 Å². The average molecular weight is 252 g/mol. The molecule has 0 saturated carbocycles. The van der Waals surface area contributed by atoms with Crippen LogP contribution in [0.15, 0.2) is 24.3 Å². The first-order valence-corrected chi connectivity index (χ1v) is 6.47. The van der Waals surface area contributed by atoms with Gasteiger partial charge in [-0.25, -0.2) is 4.39 Å². The van der Waals surface area contributed by atoms with Crippen molar-refractivity contribution in [2.45, 2.75) is 6.54 Å². The highest BCUT2D eigenvalue weighted by Crippen LogP contribution is 2.05. The number of rotatable bonds is 5. The normalized spacial score (nSPS) is 17.3. The monoisotopic (exact) mass is 252 g/mol. The Bertz CT molecular complexity index is 349. The van der Waals surface area contributed by atoms with Crippen LogP contribution in [0.3, 0.4) is 0 Å². The molecule has 0 bridgehead atoms. The molecule has 0 atom stereocenters. The standard InChI is InChI=1S/C14H21FN2O/c1-16(6-7-17-8-10-18-11-9-17)12-13-2-4-14(15)5-3-13/h2-5H,6-12H2,1H3. The molecule has 1 heterocycles. The number of nitrogens with zero attached hydrogens (tertiary/aromatic N) is 2. The predicted octanol–water partition coefficient (Wildman–Crippen LogP) is 1.59. The van der Waals surface area contributed by atoms with Gasteiger partial charge in [-0.15, -0.1) is 0 Å². The molecule has 0 spiro atoms. The summed E-state index contributed by atoms with van der Waals surface area (Å²) in [6, 6.07) is 6.73. The summed E-state index contributed by atoms with van der Waals surface area (Å²) in [5.41, 5.74) is 1.15. The Hall–Kier alpha value is -0.970. The van der Waals surface area contributed by atoms with Crippen molar-refractivity contribution in [3.63, 3.8) is 0 Å². The second-order valence-corrected chi connectivity index (χ2v) is 4.82. The Morgan fingerprint density at radius 1 is 1.22 bits per heavy atom. The van der Waals surface area contributed by atoms with Gasteiger partial charge in [-0.2, -0.15) is 0 Å². The summed E-state index contributed by atoms with van der Waals surface area (Å²) in [6.45, 7) is 6.72. The quantitative estimate of drug-likeness (QED) is 0.791. The number of ether oxygens (including phenoxy) is 1. The second-order valence-electron chi connectivity index (χ2n) is 4.82. The van der Waals surface area contributed by atoms with Crippen LogP contribution in [0, 0.1) is 5.82 Å². The van der Waals surface area contributed by atoms with Crippen molar-refractivity contribution in [1.29, 1.82) is 0 Å². The predicted molar refractivity (Wildman–Crippen MR) is 70.0 cm³/mol. The molecule has 1 aromatic rings. The van der Waals surface area contributed by atoms with Gasteiger partial charge in [-0.05, 0) is 24.7 Å². The molecule has 1 saturated heterocycles. The molecule has 3 nitrogen and oxygen atoms in total. The molecule has 100 valence electrons.